The Labute approximate surface area is 142 Å². The fourth-order valence-electron chi connectivity index (χ4n) is 4.13. The molecule has 5 nitrogen and oxygen atoms in total. The Hall–Kier alpha value is -1.44. The number of thiophene rings is 1. The standard InChI is InChI=1S/C16H17N3O2S2/c20-15-19(14-5-11(7-22-14)13-6-17-10-23-13)9-16(21-15)8-18-3-1-12(16)2-4-18/h5-7,10,12H,1-4,8-9H2/t16-/m1/s1. The summed E-state index contributed by atoms with van der Waals surface area (Å²) in [5.41, 5.74) is 2.68. The molecule has 6 rings (SSSR count). The van der Waals surface area contributed by atoms with Crippen LogP contribution in [0, 0.1) is 5.92 Å². The molecule has 4 aliphatic heterocycles. The predicted molar refractivity (Wildman–Crippen MR) is 91.1 cm³/mol. The van der Waals surface area contributed by atoms with Gasteiger partial charge in [0.2, 0.25) is 0 Å². The summed E-state index contributed by atoms with van der Waals surface area (Å²) >= 11 is 3.22. The average molecular weight is 347 g/mol. The van der Waals surface area contributed by atoms with Crippen LogP contribution in [-0.4, -0.2) is 47.8 Å². The maximum atomic E-state index is 12.5. The predicted octanol–water partition coefficient (Wildman–Crippen LogP) is 3.29. The molecule has 0 radical (unpaired) electrons. The first kappa shape index (κ1) is 13.9. The third-order valence-electron chi connectivity index (χ3n) is 5.33. The number of anilines is 1. The Balaban J connectivity index is 1.43. The average Bonchev–Trinajstić information content (AvgIpc) is 3.28. The van der Waals surface area contributed by atoms with Crippen molar-refractivity contribution in [1.82, 2.24) is 9.88 Å². The van der Waals surface area contributed by atoms with Gasteiger partial charge >= 0.3 is 6.09 Å². The van der Waals surface area contributed by atoms with Crippen molar-refractivity contribution in [1.29, 1.82) is 0 Å². The number of carbonyl (C=O) groups is 1. The molecule has 1 spiro atoms. The smallest absolute Gasteiger partial charge is 0.415 e. The molecule has 2 bridgehead atoms. The lowest BCUT2D eigenvalue weighted by atomic mass is 9.75. The van der Waals surface area contributed by atoms with Gasteiger partial charge in [0.25, 0.3) is 0 Å². The van der Waals surface area contributed by atoms with Gasteiger partial charge in [0.1, 0.15) is 10.6 Å². The number of aromatic nitrogens is 1. The molecule has 2 aromatic heterocycles. The molecule has 6 heterocycles. The van der Waals surface area contributed by atoms with Gasteiger partial charge in [-0.2, -0.15) is 0 Å². The third kappa shape index (κ3) is 2.14. The molecule has 120 valence electrons. The van der Waals surface area contributed by atoms with Crippen molar-refractivity contribution in [2.24, 2.45) is 5.92 Å². The van der Waals surface area contributed by atoms with Crippen LogP contribution in [0.25, 0.3) is 10.4 Å². The number of piperidine rings is 3. The van der Waals surface area contributed by atoms with Crippen LogP contribution in [0.1, 0.15) is 12.8 Å². The number of thiazole rings is 1. The van der Waals surface area contributed by atoms with Gasteiger partial charge in [-0.3, -0.25) is 14.8 Å². The molecule has 0 aliphatic carbocycles. The van der Waals surface area contributed by atoms with E-state index < -0.39 is 0 Å². The zero-order valence-corrected chi connectivity index (χ0v) is 14.2. The lowest BCUT2D eigenvalue weighted by Gasteiger charge is -2.49. The Kier molecular flexibility index (Phi) is 3.05. The fraction of sp³-hybridized carbons (Fsp3) is 0.500. The lowest BCUT2D eigenvalue weighted by Crippen LogP contribution is -2.61. The molecule has 0 unspecified atom stereocenters. The normalized spacial score (nSPS) is 32.7. The van der Waals surface area contributed by atoms with Gasteiger partial charge in [0.05, 0.1) is 16.9 Å². The van der Waals surface area contributed by atoms with Gasteiger partial charge in [0, 0.05) is 29.6 Å². The van der Waals surface area contributed by atoms with Crippen LogP contribution in [0.2, 0.25) is 0 Å². The molecular formula is C16H17N3O2S2. The van der Waals surface area contributed by atoms with Gasteiger partial charge in [0.15, 0.2) is 0 Å². The first-order chi connectivity index (χ1) is 11.2. The second-order valence-corrected chi connectivity index (χ2v) is 8.38. The largest absolute Gasteiger partial charge is 0.439 e. The van der Waals surface area contributed by atoms with Crippen LogP contribution in [0.15, 0.2) is 23.2 Å². The van der Waals surface area contributed by atoms with Crippen molar-refractivity contribution in [3.63, 3.8) is 0 Å². The summed E-state index contributed by atoms with van der Waals surface area (Å²) in [6.07, 6.45) is 3.99. The van der Waals surface area contributed by atoms with E-state index >= 15 is 0 Å². The Morgan fingerprint density at radius 3 is 2.83 bits per heavy atom. The number of hydrogen-bond donors (Lipinski definition) is 0. The van der Waals surface area contributed by atoms with E-state index in [1.54, 1.807) is 22.7 Å². The van der Waals surface area contributed by atoms with E-state index in [2.05, 4.69) is 21.3 Å². The van der Waals surface area contributed by atoms with Crippen LogP contribution >= 0.6 is 22.7 Å². The highest BCUT2D eigenvalue weighted by Crippen LogP contribution is 2.44. The van der Waals surface area contributed by atoms with E-state index in [0.29, 0.717) is 12.5 Å². The number of rotatable bonds is 2. The highest BCUT2D eigenvalue weighted by molar-refractivity contribution is 7.16. The van der Waals surface area contributed by atoms with E-state index in [1.165, 1.54) is 0 Å². The highest BCUT2D eigenvalue weighted by atomic mass is 32.1. The number of nitrogens with zero attached hydrogens (tertiary/aromatic N) is 3. The molecule has 7 heteroatoms. The minimum atomic E-state index is -0.289. The Morgan fingerprint density at radius 1 is 1.26 bits per heavy atom. The van der Waals surface area contributed by atoms with Crippen molar-refractivity contribution in [3.8, 4) is 10.4 Å². The van der Waals surface area contributed by atoms with Gasteiger partial charge in [-0.25, -0.2) is 4.79 Å². The number of ether oxygens (including phenoxy) is 1. The van der Waals surface area contributed by atoms with E-state index in [1.807, 2.05) is 16.6 Å². The zero-order chi connectivity index (χ0) is 15.4. The third-order valence-corrected chi connectivity index (χ3v) is 7.10. The molecule has 4 fully saturated rings. The highest BCUT2D eigenvalue weighted by Gasteiger charge is 2.55. The van der Waals surface area contributed by atoms with Crippen LogP contribution in [0.3, 0.4) is 0 Å². The summed E-state index contributed by atoms with van der Waals surface area (Å²) in [4.78, 5) is 22.0. The Bertz CT molecular complexity index is 736. The van der Waals surface area contributed by atoms with Gasteiger partial charge < -0.3 is 4.74 Å². The van der Waals surface area contributed by atoms with Crippen LogP contribution in [-0.2, 0) is 4.74 Å². The second-order valence-electron chi connectivity index (χ2n) is 6.61. The summed E-state index contributed by atoms with van der Waals surface area (Å²) in [5.74, 6) is 0.516. The topological polar surface area (TPSA) is 45.7 Å². The molecule has 4 aliphatic rings. The van der Waals surface area contributed by atoms with Crippen molar-refractivity contribution < 1.29 is 9.53 Å². The molecule has 0 N–H and O–H groups in total. The van der Waals surface area contributed by atoms with Gasteiger partial charge in [-0.15, -0.1) is 22.7 Å². The van der Waals surface area contributed by atoms with E-state index in [4.69, 9.17) is 4.74 Å². The quantitative estimate of drug-likeness (QED) is 0.836. The molecule has 1 atom stereocenters. The zero-order valence-electron chi connectivity index (χ0n) is 12.6. The molecular weight excluding hydrogens is 330 g/mol. The lowest BCUT2D eigenvalue weighted by molar-refractivity contribution is -0.0881. The fourth-order valence-corrected chi connectivity index (χ4v) is 5.72. The summed E-state index contributed by atoms with van der Waals surface area (Å²) in [7, 11) is 0. The maximum Gasteiger partial charge on any atom is 0.415 e. The van der Waals surface area contributed by atoms with Crippen molar-refractivity contribution in [2.45, 2.75) is 18.4 Å². The van der Waals surface area contributed by atoms with Crippen LogP contribution in [0.4, 0.5) is 9.80 Å². The SMILES string of the molecule is O=C1O[C@]2(CN3CCC2CC3)CN1c1cc(-c2cncs2)cs1. The van der Waals surface area contributed by atoms with Crippen molar-refractivity contribution >= 4 is 33.8 Å². The van der Waals surface area contributed by atoms with Crippen molar-refractivity contribution in [3.05, 3.63) is 23.2 Å². The molecule has 1 amide bonds. The summed E-state index contributed by atoms with van der Waals surface area (Å²) in [5, 5.41) is 3.07. The monoisotopic (exact) mass is 347 g/mol. The number of hydrogen-bond acceptors (Lipinski definition) is 6. The van der Waals surface area contributed by atoms with Gasteiger partial charge in [-0.05, 0) is 32.0 Å². The summed E-state index contributed by atoms with van der Waals surface area (Å²) < 4.78 is 5.93. The molecule has 23 heavy (non-hydrogen) atoms. The number of fused-ring (bicyclic) bond motifs is 2. The Morgan fingerprint density at radius 2 is 2.13 bits per heavy atom. The van der Waals surface area contributed by atoms with Crippen molar-refractivity contribution in [2.75, 3.05) is 31.1 Å². The molecule has 0 saturated carbocycles. The van der Waals surface area contributed by atoms with E-state index in [9.17, 15) is 4.79 Å². The molecule has 2 aromatic rings. The summed E-state index contributed by atoms with van der Waals surface area (Å²) in [6, 6.07) is 2.08. The minimum absolute atomic E-state index is 0.184. The van der Waals surface area contributed by atoms with E-state index in [-0.39, 0.29) is 11.7 Å². The van der Waals surface area contributed by atoms with E-state index in [0.717, 1.165) is 47.9 Å². The second kappa shape index (κ2) is 5.03. The first-order valence-electron chi connectivity index (χ1n) is 7.94. The first-order valence-corrected chi connectivity index (χ1v) is 9.70. The number of amides is 1. The van der Waals surface area contributed by atoms with Gasteiger partial charge in [-0.1, -0.05) is 0 Å². The molecule has 0 aromatic carbocycles. The maximum absolute atomic E-state index is 12.5. The molecule has 4 saturated heterocycles. The number of carbonyl (C=O) groups excluding carboxylic acids is 1. The minimum Gasteiger partial charge on any atom is -0.439 e. The van der Waals surface area contributed by atoms with Crippen LogP contribution in [0.5, 0.6) is 0 Å². The summed E-state index contributed by atoms with van der Waals surface area (Å²) in [6.45, 7) is 3.89. The van der Waals surface area contributed by atoms with Crippen LogP contribution < -0.4 is 4.90 Å².